The van der Waals surface area contributed by atoms with E-state index in [1.54, 1.807) is 11.3 Å². The summed E-state index contributed by atoms with van der Waals surface area (Å²) in [6.45, 7) is 0. The fourth-order valence-electron chi connectivity index (χ4n) is 1.83. The van der Waals surface area contributed by atoms with E-state index in [0.29, 0.717) is 5.56 Å². The van der Waals surface area contributed by atoms with Crippen LogP contribution in [0.5, 0.6) is 0 Å². The van der Waals surface area contributed by atoms with Crippen LogP contribution in [0.1, 0.15) is 5.56 Å². The number of amidine groups is 1. The van der Waals surface area contributed by atoms with E-state index < -0.39 is 0 Å². The Hall–Kier alpha value is -1.57. The minimum Gasteiger partial charge on any atom is -0.409 e. The number of aromatic nitrogens is 1. The van der Waals surface area contributed by atoms with Crippen LogP contribution in [0.2, 0.25) is 0 Å². The minimum absolute atomic E-state index is 0.0833. The first kappa shape index (κ1) is 14.4. The van der Waals surface area contributed by atoms with Gasteiger partial charge in [0.15, 0.2) is 10.2 Å². The van der Waals surface area contributed by atoms with Crippen molar-refractivity contribution in [1.29, 1.82) is 0 Å². The summed E-state index contributed by atoms with van der Waals surface area (Å²) in [5, 5.41) is 12.0. The summed E-state index contributed by atoms with van der Waals surface area (Å²) in [5.41, 5.74) is 7.40. The highest BCUT2D eigenvalue weighted by Gasteiger charge is 2.12. The van der Waals surface area contributed by atoms with E-state index in [4.69, 9.17) is 10.9 Å². The highest BCUT2D eigenvalue weighted by Crippen LogP contribution is 2.36. The molecule has 0 aliphatic rings. The number of para-hydroxylation sites is 1. The van der Waals surface area contributed by atoms with E-state index in [-0.39, 0.29) is 5.84 Å². The second kappa shape index (κ2) is 6.05. The van der Waals surface area contributed by atoms with E-state index in [1.807, 2.05) is 42.5 Å². The van der Waals surface area contributed by atoms with E-state index in [9.17, 15) is 0 Å². The van der Waals surface area contributed by atoms with E-state index in [1.165, 1.54) is 11.8 Å². The molecule has 3 rings (SSSR count). The van der Waals surface area contributed by atoms with Crippen LogP contribution in [0.4, 0.5) is 0 Å². The number of rotatable bonds is 3. The van der Waals surface area contributed by atoms with Gasteiger partial charge in [0.05, 0.1) is 10.2 Å². The number of nitrogens with two attached hydrogens (primary N) is 1. The largest absolute Gasteiger partial charge is 0.409 e. The number of hydrogen-bond donors (Lipinski definition) is 2. The Morgan fingerprint density at radius 3 is 2.86 bits per heavy atom. The second-order valence-electron chi connectivity index (χ2n) is 4.18. The van der Waals surface area contributed by atoms with Crippen LogP contribution in [-0.2, 0) is 0 Å². The molecule has 7 heteroatoms. The van der Waals surface area contributed by atoms with Crippen molar-refractivity contribution in [3.05, 3.63) is 52.5 Å². The molecule has 0 radical (unpaired) electrons. The van der Waals surface area contributed by atoms with Crippen LogP contribution >= 0.6 is 39.0 Å². The zero-order valence-electron chi connectivity index (χ0n) is 10.7. The summed E-state index contributed by atoms with van der Waals surface area (Å²) in [6, 6.07) is 13.7. The molecule has 3 aromatic rings. The Balaban J connectivity index is 2.01. The topological polar surface area (TPSA) is 71.5 Å². The van der Waals surface area contributed by atoms with Crippen LogP contribution < -0.4 is 5.73 Å². The molecule has 106 valence electrons. The standard InChI is InChI=1S/C14H10BrN3OS2/c15-8-5-6-11(9(7-8)13(16)18-19)20-14-17-10-3-1-2-4-12(10)21-14/h1-7,19H,(H2,16,18). The van der Waals surface area contributed by atoms with Crippen molar-refractivity contribution in [2.24, 2.45) is 10.9 Å². The third kappa shape index (κ3) is 3.04. The molecule has 0 spiro atoms. The van der Waals surface area contributed by atoms with Crippen LogP contribution in [0, 0.1) is 0 Å². The van der Waals surface area contributed by atoms with Crippen molar-refractivity contribution in [1.82, 2.24) is 4.98 Å². The van der Waals surface area contributed by atoms with Crippen molar-refractivity contribution in [3.63, 3.8) is 0 Å². The van der Waals surface area contributed by atoms with Crippen LogP contribution in [-0.4, -0.2) is 16.0 Å². The zero-order valence-corrected chi connectivity index (χ0v) is 13.9. The lowest BCUT2D eigenvalue weighted by Gasteiger charge is -2.06. The molecule has 0 saturated heterocycles. The molecular formula is C14H10BrN3OS2. The number of nitrogens with zero attached hydrogens (tertiary/aromatic N) is 2. The van der Waals surface area contributed by atoms with Gasteiger partial charge in [-0.25, -0.2) is 4.98 Å². The molecular weight excluding hydrogens is 370 g/mol. The summed E-state index contributed by atoms with van der Waals surface area (Å²) < 4.78 is 2.94. The summed E-state index contributed by atoms with van der Waals surface area (Å²) in [6.07, 6.45) is 0. The average Bonchev–Trinajstić information content (AvgIpc) is 2.90. The fourth-order valence-corrected chi connectivity index (χ4v) is 4.34. The molecule has 0 bridgehead atoms. The highest BCUT2D eigenvalue weighted by atomic mass is 79.9. The van der Waals surface area contributed by atoms with E-state index in [2.05, 4.69) is 26.1 Å². The summed E-state index contributed by atoms with van der Waals surface area (Å²) >= 11 is 6.52. The summed E-state index contributed by atoms with van der Waals surface area (Å²) in [7, 11) is 0. The van der Waals surface area contributed by atoms with Crippen LogP contribution in [0.15, 0.2) is 61.3 Å². The summed E-state index contributed by atoms with van der Waals surface area (Å²) in [4.78, 5) is 5.48. The quantitative estimate of drug-likeness (QED) is 0.308. The van der Waals surface area contributed by atoms with E-state index >= 15 is 0 Å². The third-order valence-electron chi connectivity index (χ3n) is 2.80. The maximum absolute atomic E-state index is 8.91. The SMILES string of the molecule is N/C(=N/O)c1cc(Br)ccc1Sc1nc2ccccc2s1. The zero-order chi connectivity index (χ0) is 14.8. The normalized spacial score (nSPS) is 12.0. The Morgan fingerprint density at radius 1 is 1.29 bits per heavy atom. The molecule has 0 fully saturated rings. The maximum atomic E-state index is 8.91. The van der Waals surface area contributed by atoms with Gasteiger partial charge in [0.1, 0.15) is 0 Å². The molecule has 0 aliphatic carbocycles. The molecule has 0 unspecified atom stereocenters. The number of hydrogen-bond acceptors (Lipinski definition) is 5. The molecule has 0 amide bonds. The van der Waals surface area contributed by atoms with Gasteiger partial charge in [-0.05, 0) is 30.3 Å². The van der Waals surface area contributed by atoms with Gasteiger partial charge in [0.25, 0.3) is 0 Å². The van der Waals surface area contributed by atoms with Gasteiger partial charge in [-0.3, -0.25) is 0 Å². The Kier molecular flexibility index (Phi) is 4.14. The predicted octanol–water partition coefficient (Wildman–Crippen LogP) is 4.30. The first-order chi connectivity index (χ1) is 10.2. The number of halogens is 1. The molecule has 3 N–H and O–H groups in total. The van der Waals surface area contributed by atoms with Gasteiger partial charge in [0, 0.05) is 14.9 Å². The van der Waals surface area contributed by atoms with Crippen LogP contribution in [0.25, 0.3) is 10.2 Å². The first-order valence-electron chi connectivity index (χ1n) is 5.98. The molecule has 0 saturated carbocycles. The molecule has 21 heavy (non-hydrogen) atoms. The smallest absolute Gasteiger partial charge is 0.171 e. The molecule has 2 aromatic carbocycles. The van der Waals surface area contributed by atoms with Gasteiger partial charge >= 0.3 is 0 Å². The Morgan fingerprint density at radius 2 is 2.10 bits per heavy atom. The monoisotopic (exact) mass is 379 g/mol. The van der Waals surface area contributed by atoms with Crippen molar-refractivity contribution >= 4 is 55.1 Å². The van der Waals surface area contributed by atoms with Crippen LogP contribution in [0.3, 0.4) is 0 Å². The number of fused-ring (bicyclic) bond motifs is 1. The minimum atomic E-state index is 0.0833. The van der Waals surface area contributed by atoms with Crippen molar-refractivity contribution < 1.29 is 5.21 Å². The Bertz CT molecular complexity index is 799. The second-order valence-corrected chi connectivity index (χ2v) is 7.41. The number of oxime groups is 1. The van der Waals surface area contributed by atoms with Gasteiger partial charge < -0.3 is 10.9 Å². The summed E-state index contributed by atoms with van der Waals surface area (Å²) in [5.74, 6) is 0.0833. The van der Waals surface area contributed by atoms with Crippen molar-refractivity contribution in [3.8, 4) is 0 Å². The Labute approximate surface area is 137 Å². The highest BCUT2D eigenvalue weighted by molar-refractivity contribution is 9.10. The molecule has 0 atom stereocenters. The lowest BCUT2D eigenvalue weighted by molar-refractivity contribution is 0.318. The van der Waals surface area contributed by atoms with Crippen molar-refractivity contribution in [2.75, 3.05) is 0 Å². The molecule has 1 heterocycles. The fraction of sp³-hybridized carbons (Fsp3) is 0. The maximum Gasteiger partial charge on any atom is 0.171 e. The number of benzene rings is 2. The first-order valence-corrected chi connectivity index (χ1v) is 8.41. The van der Waals surface area contributed by atoms with Crippen molar-refractivity contribution in [2.45, 2.75) is 9.24 Å². The van der Waals surface area contributed by atoms with Gasteiger partial charge in [0.2, 0.25) is 0 Å². The van der Waals surface area contributed by atoms with Gasteiger partial charge in [-0.1, -0.05) is 45.0 Å². The predicted molar refractivity (Wildman–Crippen MR) is 90.4 cm³/mol. The third-order valence-corrected chi connectivity index (χ3v) is 5.46. The lowest BCUT2D eigenvalue weighted by atomic mass is 10.2. The molecule has 1 aromatic heterocycles. The average molecular weight is 380 g/mol. The van der Waals surface area contributed by atoms with Gasteiger partial charge in [-0.15, -0.1) is 11.3 Å². The van der Waals surface area contributed by atoms with Gasteiger partial charge in [-0.2, -0.15) is 0 Å². The number of thiazole rings is 1. The molecule has 0 aliphatic heterocycles. The lowest BCUT2D eigenvalue weighted by Crippen LogP contribution is -2.14. The molecule has 4 nitrogen and oxygen atoms in total. The van der Waals surface area contributed by atoms with E-state index in [0.717, 1.165) is 23.9 Å².